The standard InChI is InChI=1S/C11H12BrNO2S/c1-2-13-7-9-6-8-4-3-5-10(12)11(8)16(9,14)15/h3-6,13H,2,7H2,1H3. The maximum Gasteiger partial charge on any atom is 0.205 e. The second-order valence-corrected chi connectivity index (χ2v) is 6.35. The van der Waals surface area contributed by atoms with Gasteiger partial charge in [0.1, 0.15) is 0 Å². The van der Waals surface area contributed by atoms with Gasteiger partial charge in [-0.05, 0) is 40.2 Å². The van der Waals surface area contributed by atoms with E-state index >= 15 is 0 Å². The Morgan fingerprint density at radius 1 is 1.38 bits per heavy atom. The van der Waals surface area contributed by atoms with E-state index in [9.17, 15) is 8.42 Å². The molecule has 1 aliphatic heterocycles. The topological polar surface area (TPSA) is 46.2 Å². The van der Waals surface area contributed by atoms with Crippen molar-refractivity contribution in [2.24, 2.45) is 0 Å². The molecule has 1 heterocycles. The van der Waals surface area contributed by atoms with Gasteiger partial charge in [0.25, 0.3) is 0 Å². The molecule has 0 atom stereocenters. The quantitative estimate of drug-likeness (QED) is 0.931. The Hall–Kier alpha value is -0.650. The number of benzene rings is 1. The highest BCUT2D eigenvalue weighted by Gasteiger charge is 2.30. The monoisotopic (exact) mass is 301 g/mol. The summed E-state index contributed by atoms with van der Waals surface area (Å²) in [5.74, 6) is 0. The summed E-state index contributed by atoms with van der Waals surface area (Å²) in [6, 6.07) is 5.40. The molecule has 5 heteroatoms. The molecule has 0 unspecified atom stereocenters. The van der Waals surface area contributed by atoms with E-state index < -0.39 is 9.84 Å². The number of likely N-dealkylation sites (N-methyl/N-ethyl adjacent to an activating group) is 1. The van der Waals surface area contributed by atoms with Crippen molar-refractivity contribution < 1.29 is 8.42 Å². The van der Waals surface area contributed by atoms with E-state index in [1.807, 2.05) is 19.1 Å². The van der Waals surface area contributed by atoms with Gasteiger partial charge < -0.3 is 5.32 Å². The van der Waals surface area contributed by atoms with E-state index in [1.54, 1.807) is 12.1 Å². The summed E-state index contributed by atoms with van der Waals surface area (Å²) in [6.07, 6.45) is 1.73. The maximum atomic E-state index is 12.2. The Bertz CT molecular complexity index is 549. The van der Waals surface area contributed by atoms with Crippen molar-refractivity contribution in [1.29, 1.82) is 0 Å². The van der Waals surface area contributed by atoms with E-state index in [1.165, 1.54) is 0 Å². The molecule has 0 fully saturated rings. The molecule has 0 aromatic heterocycles. The van der Waals surface area contributed by atoms with Gasteiger partial charge in [-0.2, -0.15) is 0 Å². The molecule has 0 aliphatic carbocycles. The highest BCUT2D eigenvalue weighted by atomic mass is 79.9. The molecule has 0 spiro atoms. The third-order valence-corrected chi connectivity index (χ3v) is 5.35. The lowest BCUT2D eigenvalue weighted by molar-refractivity contribution is 0.600. The molecule has 3 nitrogen and oxygen atoms in total. The van der Waals surface area contributed by atoms with Crippen LogP contribution in [-0.2, 0) is 9.84 Å². The van der Waals surface area contributed by atoms with E-state index in [4.69, 9.17) is 0 Å². The number of rotatable bonds is 3. The van der Waals surface area contributed by atoms with Crippen molar-refractivity contribution >= 4 is 31.8 Å². The SMILES string of the molecule is CCNCC1=Cc2cccc(Br)c2S1(=O)=O. The van der Waals surface area contributed by atoms with Crippen LogP contribution in [0.5, 0.6) is 0 Å². The number of sulfone groups is 1. The second-order valence-electron chi connectivity index (χ2n) is 3.55. The van der Waals surface area contributed by atoms with E-state index in [0.29, 0.717) is 20.8 Å². The Kier molecular flexibility index (Phi) is 3.19. The van der Waals surface area contributed by atoms with Gasteiger partial charge in [-0.25, -0.2) is 8.42 Å². The summed E-state index contributed by atoms with van der Waals surface area (Å²) < 4.78 is 25.0. The zero-order chi connectivity index (χ0) is 11.8. The lowest BCUT2D eigenvalue weighted by Gasteiger charge is -2.05. The van der Waals surface area contributed by atoms with Gasteiger partial charge in [-0.3, -0.25) is 0 Å². The molecule has 1 aromatic carbocycles. The Morgan fingerprint density at radius 2 is 2.12 bits per heavy atom. The third-order valence-electron chi connectivity index (χ3n) is 2.48. The molecule has 0 saturated heterocycles. The zero-order valence-corrected chi connectivity index (χ0v) is 11.2. The van der Waals surface area contributed by atoms with E-state index in [2.05, 4.69) is 21.2 Å². The van der Waals surface area contributed by atoms with Gasteiger partial charge in [0.05, 0.1) is 9.80 Å². The van der Waals surface area contributed by atoms with Crippen LogP contribution >= 0.6 is 15.9 Å². The van der Waals surface area contributed by atoms with Crippen LogP contribution in [0.4, 0.5) is 0 Å². The van der Waals surface area contributed by atoms with Crippen LogP contribution in [0.1, 0.15) is 12.5 Å². The largest absolute Gasteiger partial charge is 0.312 e. The molecule has 0 amide bonds. The number of hydrogen-bond donors (Lipinski definition) is 1. The minimum absolute atomic E-state index is 0.389. The first kappa shape index (κ1) is 11.8. The van der Waals surface area contributed by atoms with Crippen LogP contribution in [0.3, 0.4) is 0 Å². The zero-order valence-electron chi connectivity index (χ0n) is 8.83. The molecular formula is C11H12BrNO2S. The summed E-state index contributed by atoms with van der Waals surface area (Å²) in [7, 11) is -3.30. The van der Waals surface area contributed by atoms with Crippen LogP contribution < -0.4 is 5.32 Å². The van der Waals surface area contributed by atoms with Crippen LogP contribution in [0.15, 0.2) is 32.5 Å². The van der Waals surface area contributed by atoms with Crippen LogP contribution in [0.25, 0.3) is 6.08 Å². The van der Waals surface area contributed by atoms with Crippen molar-refractivity contribution in [2.45, 2.75) is 11.8 Å². The van der Waals surface area contributed by atoms with Crippen LogP contribution in [-0.4, -0.2) is 21.5 Å². The second kappa shape index (κ2) is 4.31. The molecule has 0 saturated carbocycles. The number of nitrogens with one attached hydrogen (secondary N) is 1. The van der Waals surface area contributed by atoms with Crippen LogP contribution in [0.2, 0.25) is 0 Å². The van der Waals surface area contributed by atoms with Gasteiger partial charge in [-0.1, -0.05) is 19.1 Å². The highest BCUT2D eigenvalue weighted by molar-refractivity contribution is 9.10. The average molecular weight is 302 g/mol. The molecule has 0 bridgehead atoms. The molecule has 2 rings (SSSR count). The van der Waals surface area contributed by atoms with Crippen molar-refractivity contribution in [3.05, 3.63) is 33.1 Å². The maximum absolute atomic E-state index is 12.2. The lowest BCUT2D eigenvalue weighted by Crippen LogP contribution is -2.19. The molecule has 1 N–H and O–H groups in total. The van der Waals surface area contributed by atoms with Crippen molar-refractivity contribution in [1.82, 2.24) is 5.32 Å². The average Bonchev–Trinajstić information content (AvgIpc) is 2.48. The first-order chi connectivity index (χ1) is 7.57. The molecule has 1 aliphatic rings. The van der Waals surface area contributed by atoms with Crippen molar-refractivity contribution in [3.8, 4) is 0 Å². The molecule has 1 aromatic rings. The molecule has 16 heavy (non-hydrogen) atoms. The summed E-state index contributed by atoms with van der Waals surface area (Å²) >= 11 is 3.29. The van der Waals surface area contributed by atoms with Gasteiger partial charge in [0, 0.05) is 11.0 Å². The van der Waals surface area contributed by atoms with Crippen molar-refractivity contribution in [2.75, 3.05) is 13.1 Å². The number of hydrogen-bond acceptors (Lipinski definition) is 3. The van der Waals surface area contributed by atoms with Gasteiger partial charge >= 0.3 is 0 Å². The molecular weight excluding hydrogens is 290 g/mol. The van der Waals surface area contributed by atoms with Gasteiger partial charge in [-0.15, -0.1) is 0 Å². The normalized spacial score (nSPS) is 17.0. The summed E-state index contributed by atoms with van der Waals surface area (Å²) in [6.45, 7) is 3.09. The Morgan fingerprint density at radius 3 is 2.75 bits per heavy atom. The van der Waals surface area contributed by atoms with Crippen molar-refractivity contribution in [3.63, 3.8) is 0 Å². The number of fused-ring (bicyclic) bond motifs is 1. The predicted molar refractivity (Wildman–Crippen MR) is 67.8 cm³/mol. The lowest BCUT2D eigenvalue weighted by atomic mass is 10.2. The Balaban J connectivity index is 2.48. The highest BCUT2D eigenvalue weighted by Crippen LogP contribution is 2.37. The fourth-order valence-electron chi connectivity index (χ4n) is 1.70. The van der Waals surface area contributed by atoms with E-state index in [0.717, 1.165) is 12.1 Å². The first-order valence-corrected chi connectivity index (χ1v) is 7.30. The third kappa shape index (κ3) is 1.83. The number of halogens is 1. The van der Waals surface area contributed by atoms with Gasteiger partial charge in [0.2, 0.25) is 9.84 Å². The van der Waals surface area contributed by atoms with E-state index in [-0.39, 0.29) is 0 Å². The van der Waals surface area contributed by atoms with Crippen LogP contribution in [0, 0.1) is 0 Å². The summed E-state index contributed by atoms with van der Waals surface area (Å²) in [5, 5.41) is 3.04. The summed E-state index contributed by atoms with van der Waals surface area (Å²) in [4.78, 5) is 0.833. The minimum Gasteiger partial charge on any atom is -0.312 e. The summed E-state index contributed by atoms with van der Waals surface area (Å²) in [5.41, 5.74) is 0.766. The fourth-order valence-corrected chi connectivity index (χ4v) is 4.32. The smallest absolute Gasteiger partial charge is 0.205 e. The minimum atomic E-state index is -3.30. The van der Waals surface area contributed by atoms with Gasteiger partial charge in [0.15, 0.2) is 0 Å². The fraction of sp³-hybridized carbons (Fsp3) is 0.273. The first-order valence-electron chi connectivity index (χ1n) is 5.02. The molecule has 86 valence electrons. The Labute approximate surface area is 104 Å². The molecule has 0 radical (unpaired) electrons. The predicted octanol–water partition coefficient (Wildman–Crippen LogP) is 2.19.